The molecular formula is C28H27FN2O6. The summed E-state index contributed by atoms with van der Waals surface area (Å²) in [6.07, 6.45) is 0. The molecule has 37 heavy (non-hydrogen) atoms. The summed E-state index contributed by atoms with van der Waals surface area (Å²) in [6, 6.07) is 6.36. The number of halogens is 1. The fourth-order valence-electron chi connectivity index (χ4n) is 2.60. The van der Waals surface area contributed by atoms with Crippen LogP contribution in [0, 0.1) is 11.2 Å². The number of benzene rings is 2. The Balaban J connectivity index is 2.67. The topological polar surface area (TPSA) is 115 Å². The van der Waals surface area contributed by atoms with Crippen molar-refractivity contribution in [3.8, 4) is 28.4 Å². The van der Waals surface area contributed by atoms with Gasteiger partial charge in [-0.25, -0.2) is 14.0 Å². The summed E-state index contributed by atoms with van der Waals surface area (Å²) in [7, 11) is 0. The molecule has 0 bridgehead atoms. The van der Waals surface area contributed by atoms with E-state index in [9.17, 15) is 14.4 Å². The van der Waals surface area contributed by atoms with E-state index < -0.39 is 23.7 Å². The summed E-state index contributed by atoms with van der Waals surface area (Å²) in [5, 5.41) is 10.4. The lowest BCUT2D eigenvalue weighted by molar-refractivity contribution is -0.131. The Morgan fingerprint density at radius 2 is 1.32 bits per heavy atom. The standard InChI is InChI=1S/C28H27FN2O6/c1-14(2)25(30)35-22-10-9-18(11-24(22)37-28(34)17(7)8)19-12-21(31-26(32)15(3)4)23(13-20(19)29)36-27(33)16(5)6/h9-13,30H,1,3,5,7H2,2,4,6,8H3,(H,31,32). The van der Waals surface area contributed by atoms with Crippen LogP contribution in [0.1, 0.15) is 27.7 Å². The van der Waals surface area contributed by atoms with Crippen LogP contribution in [-0.4, -0.2) is 23.7 Å². The maximum Gasteiger partial charge on any atom is 0.338 e. The second kappa shape index (κ2) is 11.8. The first kappa shape index (κ1) is 28.4. The minimum absolute atomic E-state index is 0.00887. The Hall–Kier alpha value is -4.79. The van der Waals surface area contributed by atoms with E-state index in [-0.39, 0.29) is 56.7 Å². The van der Waals surface area contributed by atoms with Crippen LogP contribution in [0.15, 0.2) is 78.9 Å². The van der Waals surface area contributed by atoms with E-state index in [1.165, 1.54) is 45.0 Å². The van der Waals surface area contributed by atoms with Gasteiger partial charge in [-0.05, 0) is 51.5 Å². The number of esters is 2. The number of ether oxygens (including phenoxy) is 3. The third-order valence-electron chi connectivity index (χ3n) is 4.66. The van der Waals surface area contributed by atoms with Crippen LogP contribution in [0.3, 0.4) is 0 Å². The Kier molecular flexibility index (Phi) is 9.04. The molecule has 2 aromatic rings. The van der Waals surface area contributed by atoms with Gasteiger partial charge in [0.15, 0.2) is 17.2 Å². The Bertz CT molecular complexity index is 1370. The molecule has 0 aliphatic carbocycles. The van der Waals surface area contributed by atoms with Crippen molar-refractivity contribution < 1.29 is 33.0 Å². The van der Waals surface area contributed by atoms with Crippen LogP contribution in [0.25, 0.3) is 11.1 Å². The van der Waals surface area contributed by atoms with Gasteiger partial charge in [0.25, 0.3) is 5.91 Å². The molecule has 8 nitrogen and oxygen atoms in total. The molecule has 0 unspecified atom stereocenters. The molecule has 2 N–H and O–H groups in total. The molecule has 192 valence electrons. The normalized spacial score (nSPS) is 10.1. The summed E-state index contributed by atoms with van der Waals surface area (Å²) < 4.78 is 31.2. The molecule has 0 radical (unpaired) electrons. The maximum absolute atomic E-state index is 15.3. The van der Waals surface area contributed by atoms with Crippen molar-refractivity contribution in [1.29, 1.82) is 5.41 Å². The lowest BCUT2D eigenvalue weighted by Gasteiger charge is -2.16. The molecule has 1 amide bonds. The van der Waals surface area contributed by atoms with E-state index in [0.717, 1.165) is 6.07 Å². The predicted octanol–water partition coefficient (Wildman–Crippen LogP) is 5.90. The van der Waals surface area contributed by atoms with Gasteiger partial charge in [-0.2, -0.15) is 0 Å². The van der Waals surface area contributed by atoms with Gasteiger partial charge in [0.2, 0.25) is 5.90 Å². The Labute approximate surface area is 214 Å². The predicted molar refractivity (Wildman–Crippen MR) is 139 cm³/mol. The zero-order valence-corrected chi connectivity index (χ0v) is 21.0. The molecule has 0 aliphatic heterocycles. The molecule has 0 atom stereocenters. The molecule has 0 aromatic heterocycles. The first-order valence-corrected chi connectivity index (χ1v) is 10.8. The van der Waals surface area contributed by atoms with E-state index in [4.69, 9.17) is 19.6 Å². The zero-order chi connectivity index (χ0) is 28.0. The smallest absolute Gasteiger partial charge is 0.338 e. The summed E-state index contributed by atoms with van der Waals surface area (Å²) in [5.74, 6) is -3.57. The van der Waals surface area contributed by atoms with Gasteiger partial charge in [-0.3, -0.25) is 10.2 Å². The van der Waals surface area contributed by atoms with Crippen molar-refractivity contribution in [3.05, 3.63) is 84.8 Å². The van der Waals surface area contributed by atoms with Gasteiger partial charge >= 0.3 is 11.9 Å². The van der Waals surface area contributed by atoms with Crippen LogP contribution in [0.5, 0.6) is 17.2 Å². The lowest BCUT2D eigenvalue weighted by atomic mass is 10.0. The molecule has 9 heteroatoms. The molecule has 0 spiro atoms. The minimum atomic E-state index is -0.812. The first-order valence-electron chi connectivity index (χ1n) is 10.8. The third-order valence-corrected chi connectivity index (χ3v) is 4.66. The van der Waals surface area contributed by atoms with Crippen LogP contribution < -0.4 is 19.5 Å². The van der Waals surface area contributed by atoms with E-state index in [1.54, 1.807) is 6.92 Å². The van der Waals surface area contributed by atoms with Crippen molar-refractivity contribution in [2.75, 3.05) is 5.32 Å². The van der Waals surface area contributed by atoms with Crippen molar-refractivity contribution in [3.63, 3.8) is 0 Å². The van der Waals surface area contributed by atoms with Crippen LogP contribution in [0.2, 0.25) is 0 Å². The highest BCUT2D eigenvalue weighted by Gasteiger charge is 2.20. The van der Waals surface area contributed by atoms with Crippen molar-refractivity contribution in [1.82, 2.24) is 0 Å². The van der Waals surface area contributed by atoms with Crippen molar-refractivity contribution in [2.24, 2.45) is 0 Å². The molecule has 0 heterocycles. The monoisotopic (exact) mass is 506 g/mol. The van der Waals surface area contributed by atoms with E-state index in [0.29, 0.717) is 5.57 Å². The number of hydrogen-bond donors (Lipinski definition) is 2. The number of carbonyl (C=O) groups is 3. The van der Waals surface area contributed by atoms with E-state index in [1.807, 2.05) is 0 Å². The van der Waals surface area contributed by atoms with Gasteiger partial charge in [0, 0.05) is 33.9 Å². The summed E-state index contributed by atoms with van der Waals surface area (Å²) in [4.78, 5) is 36.6. The number of hydrogen-bond acceptors (Lipinski definition) is 7. The zero-order valence-electron chi connectivity index (χ0n) is 21.0. The van der Waals surface area contributed by atoms with Crippen molar-refractivity contribution >= 4 is 29.4 Å². The summed E-state index contributed by atoms with van der Waals surface area (Å²) in [6.45, 7) is 20.1. The fourth-order valence-corrected chi connectivity index (χ4v) is 2.60. The summed E-state index contributed by atoms with van der Waals surface area (Å²) >= 11 is 0. The Morgan fingerprint density at radius 3 is 1.84 bits per heavy atom. The number of amides is 1. The number of carbonyl (C=O) groups excluding carboxylic acids is 3. The maximum atomic E-state index is 15.3. The highest BCUT2D eigenvalue weighted by Crippen LogP contribution is 2.38. The average molecular weight is 507 g/mol. The lowest BCUT2D eigenvalue weighted by Crippen LogP contribution is -2.15. The quantitative estimate of drug-likeness (QED) is 0.144. The van der Waals surface area contributed by atoms with E-state index in [2.05, 4.69) is 31.6 Å². The van der Waals surface area contributed by atoms with Crippen LogP contribution in [0.4, 0.5) is 10.1 Å². The van der Waals surface area contributed by atoms with Gasteiger partial charge < -0.3 is 19.5 Å². The molecule has 2 rings (SSSR count). The van der Waals surface area contributed by atoms with Gasteiger partial charge in [-0.1, -0.05) is 32.4 Å². The second-order valence-corrected chi connectivity index (χ2v) is 8.28. The molecular weight excluding hydrogens is 479 g/mol. The average Bonchev–Trinajstić information content (AvgIpc) is 2.81. The number of nitrogens with one attached hydrogen (secondary N) is 2. The highest BCUT2D eigenvalue weighted by atomic mass is 19.1. The first-order chi connectivity index (χ1) is 17.2. The molecule has 0 aliphatic rings. The van der Waals surface area contributed by atoms with Gasteiger partial charge in [-0.15, -0.1) is 0 Å². The number of anilines is 1. The Morgan fingerprint density at radius 1 is 0.757 bits per heavy atom. The minimum Gasteiger partial charge on any atom is -0.435 e. The van der Waals surface area contributed by atoms with Gasteiger partial charge in [0.05, 0.1) is 5.69 Å². The SMILES string of the molecule is C=C(C)C(=N)Oc1ccc(-c2cc(NC(=O)C(=C)C)c(OC(=O)C(=C)C)cc2F)cc1OC(=O)C(=C)C. The molecule has 0 saturated heterocycles. The largest absolute Gasteiger partial charge is 0.435 e. The van der Waals surface area contributed by atoms with E-state index >= 15 is 4.39 Å². The summed E-state index contributed by atoms with van der Waals surface area (Å²) in [5.41, 5.74) is 0.848. The highest BCUT2D eigenvalue weighted by molar-refractivity contribution is 6.04. The molecule has 2 aromatic carbocycles. The number of rotatable bonds is 9. The second-order valence-electron chi connectivity index (χ2n) is 8.28. The fraction of sp³-hybridized carbons (Fsp3) is 0.143. The third kappa shape index (κ3) is 7.35. The van der Waals surface area contributed by atoms with Crippen LogP contribution >= 0.6 is 0 Å². The van der Waals surface area contributed by atoms with Crippen molar-refractivity contribution in [2.45, 2.75) is 27.7 Å². The van der Waals surface area contributed by atoms with Crippen LogP contribution in [-0.2, 0) is 14.4 Å². The molecule has 0 saturated carbocycles. The molecule has 0 fully saturated rings. The van der Waals surface area contributed by atoms with Gasteiger partial charge in [0.1, 0.15) is 5.82 Å².